The van der Waals surface area contributed by atoms with E-state index in [0.29, 0.717) is 6.04 Å². The van der Waals surface area contributed by atoms with Crippen LogP contribution in [0, 0.1) is 13.8 Å². The molecule has 3 heteroatoms. The van der Waals surface area contributed by atoms with Gasteiger partial charge in [-0.15, -0.1) is 11.8 Å². The molecule has 2 N–H and O–H groups in total. The normalized spacial score (nSPS) is 16.1. The summed E-state index contributed by atoms with van der Waals surface area (Å²) in [5.74, 6) is 0. The van der Waals surface area contributed by atoms with E-state index in [1.807, 2.05) is 11.8 Å². The number of hydrogen-bond donors (Lipinski definition) is 1. The third kappa shape index (κ3) is 7.37. The molecule has 2 nitrogen and oxygen atoms in total. The fourth-order valence-electron chi connectivity index (χ4n) is 6.50. The van der Waals surface area contributed by atoms with Gasteiger partial charge in [0, 0.05) is 28.4 Å². The van der Waals surface area contributed by atoms with Crippen LogP contribution in [0.25, 0.3) is 22.4 Å². The molecule has 0 bridgehead atoms. The Hall–Kier alpha value is -4.21. The summed E-state index contributed by atoms with van der Waals surface area (Å²) in [5.41, 5.74) is 19.1. The Balaban J connectivity index is 1.48. The smallest absolute Gasteiger partial charge is 0.0740 e. The number of rotatable bonds is 11. The van der Waals surface area contributed by atoms with Crippen molar-refractivity contribution in [3.63, 3.8) is 0 Å². The minimum atomic E-state index is 0.169. The van der Waals surface area contributed by atoms with E-state index in [1.165, 1.54) is 49.4 Å². The predicted octanol–water partition coefficient (Wildman–Crippen LogP) is 11.2. The van der Waals surface area contributed by atoms with Gasteiger partial charge in [0.15, 0.2) is 0 Å². The van der Waals surface area contributed by atoms with Gasteiger partial charge in [0.05, 0.1) is 6.04 Å². The van der Waals surface area contributed by atoms with E-state index >= 15 is 0 Å². The first-order valence-corrected chi connectivity index (χ1v) is 17.3. The van der Waals surface area contributed by atoms with Crippen LogP contribution >= 0.6 is 11.8 Å². The molecule has 1 aliphatic heterocycles. The van der Waals surface area contributed by atoms with Gasteiger partial charge in [0.25, 0.3) is 0 Å². The second-order valence-corrected chi connectivity index (χ2v) is 12.7. The lowest BCUT2D eigenvalue weighted by atomic mass is 9.90. The van der Waals surface area contributed by atoms with Crippen molar-refractivity contribution >= 4 is 23.0 Å². The quantitative estimate of drug-likeness (QED) is 0.135. The maximum absolute atomic E-state index is 6.74. The molecule has 5 rings (SSSR count). The van der Waals surface area contributed by atoms with Crippen molar-refractivity contribution in [2.45, 2.75) is 63.9 Å². The molecule has 1 aliphatic rings. The highest BCUT2D eigenvalue weighted by Gasteiger charge is 2.27. The van der Waals surface area contributed by atoms with Crippen molar-refractivity contribution in [2.75, 3.05) is 6.26 Å². The van der Waals surface area contributed by atoms with Crippen LogP contribution in [0.3, 0.4) is 0 Å². The van der Waals surface area contributed by atoms with Crippen LogP contribution in [0.15, 0.2) is 138 Å². The number of allylic oxidation sites excluding steroid dienone is 5. The number of benzene rings is 4. The second-order valence-electron chi connectivity index (χ2n) is 11.9. The van der Waals surface area contributed by atoms with Crippen LogP contribution in [0.2, 0.25) is 0 Å². The van der Waals surface area contributed by atoms with Gasteiger partial charge in [-0.05, 0) is 103 Å². The molecule has 0 aliphatic carbocycles. The highest BCUT2D eigenvalue weighted by molar-refractivity contribution is 7.98. The number of nitrogens with zero attached hydrogens (tertiary/aromatic N) is 1. The molecule has 0 radical (unpaired) electrons. The minimum absolute atomic E-state index is 0.169. The number of hydrogen-bond acceptors (Lipinski definition) is 3. The molecule has 1 unspecified atom stereocenters. The topological polar surface area (TPSA) is 29.3 Å². The second kappa shape index (κ2) is 15.2. The zero-order valence-corrected chi connectivity index (χ0v) is 28.1. The lowest BCUT2D eigenvalue weighted by Gasteiger charge is -2.38. The van der Waals surface area contributed by atoms with Gasteiger partial charge in [-0.1, -0.05) is 116 Å². The number of thioether (sulfide) groups is 1. The minimum Gasteiger partial charge on any atom is -0.398 e. The van der Waals surface area contributed by atoms with Gasteiger partial charge in [-0.3, -0.25) is 0 Å². The standard InChI is InChI=1S/C42H46N2S/c1-6-33(29-39(43)36-22-14-13-17-30(36)2)37(34-18-9-7-10-19-34)27-25-32(4)44-28-16-15-23-40(44)41-31(3)24-26-38(42(41)45-5)35-20-11-8-12-21-35/h7-24,26,28-29,32,40H,6,25,27,43H2,1-5H3/b37-33+,39-29-/t32-,40?/m0/s1. The number of nitrogens with two attached hydrogens (primary N) is 1. The Morgan fingerprint density at radius 2 is 1.56 bits per heavy atom. The van der Waals surface area contributed by atoms with Crippen LogP contribution in [0.1, 0.15) is 67.0 Å². The van der Waals surface area contributed by atoms with E-state index in [4.69, 9.17) is 5.73 Å². The van der Waals surface area contributed by atoms with E-state index in [0.717, 1.165) is 30.5 Å². The molecule has 45 heavy (non-hydrogen) atoms. The predicted molar refractivity (Wildman–Crippen MR) is 197 cm³/mol. The molecule has 0 saturated heterocycles. The maximum atomic E-state index is 6.74. The Morgan fingerprint density at radius 1 is 0.867 bits per heavy atom. The first kappa shape index (κ1) is 32.2. The zero-order chi connectivity index (χ0) is 31.8. The van der Waals surface area contributed by atoms with E-state index in [1.54, 1.807) is 0 Å². The number of aryl methyl sites for hydroxylation is 2. The van der Waals surface area contributed by atoms with Gasteiger partial charge < -0.3 is 10.6 Å². The van der Waals surface area contributed by atoms with Crippen molar-refractivity contribution in [1.29, 1.82) is 0 Å². The van der Waals surface area contributed by atoms with Crippen molar-refractivity contribution < 1.29 is 0 Å². The fourth-order valence-corrected chi connectivity index (χ4v) is 7.41. The van der Waals surface area contributed by atoms with Crippen molar-refractivity contribution in [1.82, 2.24) is 4.90 Å². The lowest BCUT2D eigenvalue weighted by molar-refractivity contribution is 0.236. The third-order valence-corrected chi connectivity index (χ3v) is 9.83. The van der Waals surface area contributed by atoms with Crippen LogP contribution in [-0.4, -0.2) is 17.2 Å². The molecule has 4 aromatic rings. The lowest BCUT2D eigenvalue weighted by Crippen LogP contribution is -2.33. The summed E-state index contributed by atoms with van der Waals surface area (Å²) in [5, 5.41) is 0. The molecule has 0 fully saturated rings. The zero-order valence-electron chi connectivity index (χ0n) is 27.3. The van der Waals surface area contributed by atoms with Crippen LogP contribution in [-0.2, 0) is 0 Å². The third-order valence-electron chi connectivity index (χ3n) is 8.98. The van der Waals surface area contributed by atoms with E-state index in [-0.39, 0.29) is 6.04 Å². The molecule has 2 atom stereocenters. The first-order chi connectivity index (χ1) is 21.9. The molecule has 1 heterocycles. The van der Waals surface area contributed by atoms with E-state index in [9.17, 15) is 0 Å². The molecule has 230 valence electrons. The molecule has 0 saturated carbocycles. The van der Waals surface area contributed by atoms with Crippen molar-refractivity contribution in [3.05, 3.63) is 161 Å². The summed E-state index contributed by atoms with van der Waals surface area (Å²) in [6.07, 6.45) is 16.4. The Labute approximate surface area is 275 Å². The first-order valence-electron chi connectivity index (χ1n) is 16.1. The Morgan fingerprint density at radius 3 is 2.24 bits per heavy atom. The molecule has 0 amide bonds. The highest BCUT2D eigenvalue weighted by atomic mass is 32.2. The van der Waals surface area contributed by atoms with E-state index in [2.05, 4.69) is 166 Å². The van der Waals surface area contributed by atoms with Crippen LogP contribution < -0.4 is 5.73 Å². The Kier molecular flexibility index (Phi) is 10.9. The fraction of sp³-hybridized carbons (Fsp3) is 0.238. The molecule has 0 aromatic heterocycles. The Bertz CT molecular complexity index is 1710. The monoisotopic (exact) mass is 610 g/mol. The molecular formula is C42H46N2S. The summed E-state index contributed by atoms with van der Waals surface area (Å²) in [6.45, 7) is 9.00. The summed E-state index contributed by atoms with van der Waals surface area (Å²) < 4.78 is 0. The van der Waals surface area contributed by atoms with Gasteiger partial charge >= 0.3 is 0 Å². The average Bonchev–Trinajstić information content (AvgIpc) is 3.08. The van der Waals surface area contributed by atoms with Gasteiger partial charge in [0.2, 0.25) is 0 Å². The molecule has 4 aromatic carbocycles. The molecule has 0 spiro atoms. The average molecular weight is 611 g/mol. The van der Waals surface area contributed by atoms with Gasteiger partial charge in [0.1, 0.15) is 0 Å². The largest absolute Gasteiger partial charge is 0.398 e. The van der Waals surface area contributed by atoms with Crippen molar-refractivity contribution in [3.8, 4) is 11.1 Å². The summed E-state index contributed by atoms with van der Waals surface area (Å²) >= 11 is 1.86. The SMILES string of the molecule is CCC(/C=C(\N)c1ccccc1C)=C(/CC[C@H](C)N1C=CC=CC1c1c(C)ccc(-c2ccccc2)c1SC)c1ccccc1. The van der Waals surface area contributed by atoms with Crippen LogP contribution in [0.5, 0.6) is 0 Å². The molecular weight excluding hydrogens is 565 g/mol. The highest BCUT2D eigenvalue weighted by Crippen LogP contribution is 2.42. The van der Waals surface area contributed by atoms with E-state index < -0.39 is 0 Å². The maximum Gasteiger partial charge on any atom is 0.0740 e. The van der Waals surface area contributed by atoms with Gasteiger partial charge in [-0.2, -0.15) is 0 Å². The van der Waals surface area contributed by atoms with Crippen LogP contribution in [0.4, 0.5) is 0 Å². The summed E-state index contributed by atoms with van der Waals surface area (Å²) in [7, 11) is 0. The summed E-state index contributed by atoms with van der Waals surface area (Å²) in [6, 6.07) is 35.1. The van der Waals surface area contributed by atoms with Gasteiger partial charge in [-0.25, -0.2) is 0 Å². The van der Waals surface area contributed by atoms with Crippen molar-refractivity contribution in [2.24, 2.45) is 5.73 Å². The summed E-state index contributed by atoms with van der Waals surface area (Å²) in [4.78, 5) is 3.92.